The van der Waals surface area contributed by atoms with E-state index in [1.807, 2.05) is 54.6 Å². The number of amides is 2. The third kappa shape index (κ3) is 5.32. The van der Waals surface area contributed by atoms with Crippen molar-refractivity contribution in [1.29, 1.82) is 0 Å². The van der Waals surface area contributed by atoms with Crippen molar-refractivity contribution in [3.05, 3.63) is 90.1 Å². The van der Waals surface area contributed by atoms with Gasteiger partial charge in [-0.3, -0.25) is 9.59 Å². The van der Waals surface area contributed by atoms with Crippen LogP contribution in [-0.2, 0) is 24.2 Å². The lowest BCUT2D eigenvalue weighted by Gasteiger charge is -2.18. The molecule has 8 nitrogen and oxygen atoms in total. The number of carbonyl (C=O) groups excluding carboxylic acids is 2. The summed E-state index contributed by atoms with van der Waals surface area (Å²) in [5.74, 6) is 1.30. The van der Waals surface area contributed by atoms with Crippen LogP contribution in [0.1, 0.15) is 41.2 Å². The van der Waals surface area contributed by atoms with E-state index in [2.05, 4.69) is 25.4 Å². The van der Waals surface area contributed by atoms with Crippen LogP contribution < -0.4 is 10.6 Å². The second-order valence-electron chi connectivity index (χ2n) is 8.66. The smallest absolute Gasteiger partial charge is 0.287 e. The Morgan fingerprint density at radius 1 is 0.943 bits per heavy atom. The van der Waals surface area contributed by atoms with Crippen molar-refractivity contribution in [3.63, 3.8) is 0 Å². The minimum absolute atomic E-state index is 0.160. The number of aromatic nitrogens is 3. The predicted octanol–water partition coefficient (Wildman–Crippen LogP) is 4.24. The number of carbonyl (C=O) groups is 2. The Morgan fingerprint density at radius 2 is 1.77 bits per heavy atom. The highest BCUT2D eigenvalue weighted by Crippen LogP contribution is 2.24. The average molecular weight is 470 g/mol. The zero-order chi connectivity index (χ0) is 24.0. The third-order valence-electron chi connectivity index (χ3n) is 6.17. The molecule has 2 N–H and O–H groups in total. The summed E-state index contributed by atoms with van der Waals surface area (Å²) >= 11 is 0. The molecule has 178 valence electrons. The molecule has 2 aromatic heterocycles. The molecule has 1 atom stereocenters. The van der Waals surface area contributed by atoms with Crippen molar-refractivity contribution in [2.45, 2.75) is 44.7 Å². The molecule has 0 spiro atoms. The summed E-state index contributed by atoms with van der Waals surface area (Å²) in [5.41, 5.74) is 2.53. The fourth-order valence-corrected chi connectivity index (χ4v) is 4.33. The van der Waals surface area contributed by atoms with Gasteiger partial charge in [0.2, 0.25) is 5.91 Å². The lowest BCUT2D eigenvalue weighted by atomic mass is 10.0. The molecule has 2 aromatic carbocycles. The van der Waals surface area contributed by atoms with Crippen LogP contribution in [0.25, 0.3) is 11.4 Å². The molecular weight excluding hydrogens is 442 g/mol. The lowest BCUT2D eigenvalue weighted by molar-refractivity contribution is -0.118. The monoisotopic (exact) mass is 469 g/mol. The summed E-state index contributed by atoms with van der Waals surface area (Å²) in [6.07, 6.45) is 6.20. The van der Waals surface area contributed by atoms with Crippen LogP contribution in [0.3, 0.4) is 0 Å². The zero-order valence-corrected chi connectivity index (χ0v) is 19.3. The van der Waals surface area contributed by atoms with E-state index in [1.165, 1.54) is 12.7 Å². The molecule has 1 aliphatic rings. The topological polar surface area (TPSA) is 102 Å². The average Bonchev–Trinajstić information content (AvgIpc) is 3.50. The van der Waals surface area contributed by atoms with Crippen LogP contribution in [0.2, 0.25) is 0 Å². The molecule has 0 saturated heterocycles. The van der Waals surface area contributed by atoms with Crippen LogP contribution in [0, 0.1) is 0 Å². The molecule has 0 bridgehead atoms. The van der Waals surface area contributed by atoms with E-state index in [-0.39, 0.29) is 11.7 Å². The lowest BCUT2D eigenvalue weighted by Crippen LogP contribution is -2.45. The van der Waals surface area contributed by atoms with Gasteiger partial charge in [-0.05, 0) is 54.8 Å². The maximum Gasteiger partial charge on any atom is 0.287 e. The van der Waals surface area contributed by atoms with Crippen molar-refractivity contribution in [3.8, 4) is 11.4 Å². The van der Waals surface area contributed by atoms with E-state index in [0.717, 1.165) is 48.6 Å². The highest BCUT2D eigenvalue weighted by molar-refractivity contribution is 6.00. The molecule has 8 heteroatoms. The molecular formula is C27H27N5O3. The van der Waals surface area contributed by atoms with Gasteiger partial charge in [-0.1, -0.05) is 36.8 Å². The molecule has 0 fully saturated rings. The number of hydrogen-bond donors (Lipinski definition) is 2. The number of anilines is 1. The Morgan fingerprint density at radius 3 is 2.54 bits per heavy atom. The molecule has 4 aromatic rings. The molecule has 2 amide bonds. The zero-order valence-electron chi connectivity index (χ0n) is 19.3. The van der Waals surface area contributed by atoms with Crippen molar-refractivity contribution in [2.24, 2.45) is 0 Å². The maximum atomic E-state index is 13.2. The van der Waals surface area contributed by atoms with Crippen molar-refractivity contribution in [2.75, 3.05) is 5.32 Å². The standard InChI is InChI=1S/C27H27N5O3/c33-26(22(18-19-8-3-1-4-9-19)29-27(34)23-10-7-17-35-23)28-21-14-12-20(13-15-21)25-31-30-24-11-5-2-6-16-32(24)25/h1,3-4,7-10,12-15,17,22H,2,5-6,11,16,18H2,(H,28,33)(H,29,34). The fraction of sp³-hybridized carbons (Fsp3) is 0.259. The maximum absolute atomic E-state index is 13.2. The van der Waals surface area contributed by atoms with Crippen molar-refractivity contribution < 1.29 is 14.0 Å². The van der Waals surface area contributed by atoms with E-state index >= 15 is 0 Å². The van der Waals surface area contributed by atoms with Gasteiger partial charge in [-0.2, -0.15) is 0 Å². The van der Waals surface area contributed by atoms with E-state index < -0.39 is 11.9 Å². The van der Waals surface area contributed by atoms with Gasteiger partial charge in [-0.15, -0.1) is 10.2 Å². The van der Waals surface area contributed by atoms with Crippen molar-refractivity contribution in [1.82, 2.24) is 20.1 Å². The third-order valence-corrected chi connectivity index (χ3v) is 6.17. The van der Waals surface area contributed by atoms with Crippen LogP contribution in [0.15, 0.2) is 77.4 Å². The quantitative estimate of drug-likeness (QED) is 0.421. The summed E-state index contributed by atoms with van der Waals surface area (Å²) in [5, 5.41) is 14.5. The SMILES string of the molecule is O=C(NC(Cc1ccccc1)C(=O)Nc1ccc(-c2nnc3n2CCCCC3)cc1)c1ccco1. The summed E-state index contributed by atoms with van der Waals surface area (Å²) in [4.78, 5) is 25.8. The molecule has 1 unspecified atom stereocenters. The number of aryl methyl sites for hydroxylation is 1. The summed E-state index contributed by atoms with van der Waals surface area (Å²) < 4.78 is 7.38. The molecule has 0 saturated carbocycles. The predicted molar refractivity (Wildman–Crippen MR) is 132 cm³/mol. The highest BCUT2D eigenvalue weighted by atomic mass is 16.3. The molecule has 0 radical (unpaired) electrons. The second kappa shape index (κ2) is 10.4. The second-order valence-corrected chi connectivity index (χ2v) is 8.66. The Balaban J connectivity index is 1.31. The van der Waals surface area contributed by atoms with Gasteiger partial charge >= 0.3 is 0 Å². The largest absolute Gasteiger partial charge is 0.459 e. The molecule has 0 aliphatic carbocycles. The van der Waals surface area contributed by atoms with E-state index in [1.54, 1.807) is 12.1 Å². The first kappa shape index (κ1) is 22.6. The first-order valence-electron chi connectivity index (χ1n) is 11.9. The minimum Gasteiger partial charge on any atom is -0.459 e. The van der Waals surface area contributed by atoms with E-state index in [9.17, 15) is 9.59 Å². The van der Waals surface area contributed by atoms with Crippen LogP contribution in [0.4, 0.5) is 5.69 Å². The Bertz CT molecular complexity index is 1280. The van der Waals surface area contributed by atoms with Gasteiger partial charge in [0, 0.05) is 30.6 Å². The number of fused-ring (bicyclic) bond motifs is 1. The van der Waals surface area contributed by atoms with Gasteiger partial charge in [0.1, 0.15) is 11.9 Å². The number of nitrogens with one attached hydrogen (secondary N) is 2. The number of rotatable bonds is 7. The first-order chi connectivity index (χ1) is 17.2. The van der Waals surface area contributed by atoms with Crippen LogP contribution >= 0.6 is 0 Å². The summed E-state index contributed by atoms with van der Waals surface area (Å²) in [6, 6.07) is 19.6. The molecule has 3 heterocycles. The van der Waals surface area contributed by atoms with Crippen LogP contribution in [0.5, 0.6) is 0 Å². The summed E-state index contributed by atoms with van der Waals surface area (Å²) in [7, 11) is 0. The normalized spacial score (nSPS) is 13.9. The number of furan rings is 1. The minimum atomic E-state index is -0.776. The van der Waals surface area contributed by atoms with Gasteiger partial charge in [0.05, 0.1) is 6.26 Å². The van der Waals surface area contributed by atoms with Gasteiger partial charge in [0.15, 0.2) is 11.6 Å². The Kier molecular flexibility index (Phi) is 6.70. The van der Waals surface area contributed by atoms with Gasteiger partial charge < -0.3 is 19.6 Å². The Labute approximate surface area is 203 Å². The Hall–Kier alpha value is -4.20. The summed E-state index contributed by atoms with van der Waals surface area (Å²) in [6.45, 7) is 0.923. The molecule has 35 heavy (non-hydrogen) atoms. The fourth-order valence-electron chi connectivity index (χ4n) is 4.33. The number of hydrogen-bond acceptors (Lipinski definition) is 5. The molecule has 1 aliphatic heterocycles. The van der Waals surface area contributed by atoms with E-state index in [0.29, 0.717) is 12.1 Å². The van der Waals surface area contributed by atoms with Crippen molar-refractivity contribution >= 4 is 17.5 Å². The molecule has 5 rings (SSSR count). The number of benzene rings is 2. The first-order valence-corrected chi connectivity index (χ1v) is 11.9. The highest BCUT2D eigenvalue weighted by Gasteiger charge is 2.23. The van der Waals surface area contributed by atoms with Gasteiger partial charge in [0.25, 0.3) is 5.91 Å². The van der Waals surface area contributed by atoms with E-state index in [4.69, 9.17) is 4.42 Å². The van der Waals surface area contributed by atoms with Gasteiger partial charge in [-0.25, -0.2) is 0 Å². The number of nitrogens with zero attached hydrogens (tertiary/aromatic N) is 3. The van der Waals surface area contributed by atoms with Crippen LogP contribution in [-0.4, -0.2) is 32.6 Å².